The number of nitrogens with two attached hydrogens (primary N) is 1. The van der Waals surface area contributed by atoms with E-state index >= 15 is 0 Å². The first kappa shape index (κ1) is 14.0. The molecule has 1 heterocycles. The van der Waals surface area contributed by atoms with Crippen LogP contribution in [0.3, 0.4) is 0 Å². The van der Waals surface area contributed by atoms with Crippen LogP contribution in [0.1, 0.15) is 18.5 Å². The van der Waals surface area contributed by atoms with E-state index in [-0.39, 0.29) is 6.04 Å². The van der Waals surface area contributed by atoms with Gasteiger partial charge < -0.3 is 10.7 Å². The van der Waals surface area contributed by atoms with Crippen molar-refractivity contribution in [3.8, 4) is 0 Å². The normalized spacial score (nSPS) is 12.0. The van der Waals surface area contributed by atoms with Gasteiger partial charge in [0.15, 0.2) is 5.82 Å². The van der Waals surface area contributed by atoms with Crippen molar-refractivity contribution in [3.05, 3.63) is 45.7 Å². The third-order valence-electron chi connectivity index (χ3n) is 2.65. The molecule has 1 unspecified atom stereocenters. The van der Waals surface area contributed by atoms with Crippen LogP contribution >= 0.6 is 27.5 Å². The Morgan fingerprint density at radius 3 is 2.47 bits per heavy atom. The van der Waals surface area contributed by atoms with Gasteiger partial charge in [0, 0.05) is 11.1 Å². The second-order valence-electron chi connectivity index (χ2n) is 3.95. The lowest BCUT2D eigenvalue weighted by molar-refractivity contribution is 0.870. The highest BCUT2D eigenvalue weighted by Gasteiger charge is 2.11. The summed E-state index contributed by atoms with van der Waals surface area (Å²) in [5.74, 6) is 6.57. The fourth-order valence-corrected chi connectivity index (χ4v) is 2.17. The van der Waals surface area contributed by atoms with Gasteiger partial charge in [-0.15, -0.1) is 0 Å². The van der Waals surface area contributed by atoms with Gasteiger partial charge in [0.05, 0.1) is 0 Å². The van der Waals surface area contributed by atoms with Crippen molar-refractivity contribution < 1.29 is 0 Å². The van der Waals surface area contributed by atoms with Crippen LogP contribution in [0.2, 0.25) is 5.02 Å². The largest absolute Gasteiger partial charge is 0.362 e. The average Bonchev–Trinajstić information content (AvgIpc) is 2.42. The zero-order valence-corrected chi connectivity index (χ0v) is 12.5. The van der Waals surface area contributed by atoms with Gasteiger partial charge >= 0.3 is 0 Å². The molecule has 0 bridgehead atoms. The molecule has 19 heavy (non-hydrogen) atoms. The second-order valence-corrected chi connectivity index (χ2v) is 5.18. The zero-order valence-electron chi connectivity index (χ0n) is 10.2. The number of hydrogen-bond donors (Lipinski definition) is 3. The van der Waals surface area contributed by atoms with E-state index < -0.39 is 0 Å². The summed E-state index contributed by atoms with van der Waals surface area (Å²) in [6.07, 6.45) is 1.44. The molecule has 100 valence electrons. The Labute approximate surface area is 124 Å². The fourth-order valence-electron chi connectivity index (χ4n) is 1.61. The maximum Gasteiger partial charge on any atom is 0.159 e. The van der Waals surface area contributed by atoms with Crippen LogP contribution in [0, 0.1) is 0 Å². The number of benzene rings is 1. The standard InChI is InChI=1S/C12H13BrClN5/c1-7(8-2-4-9(14)5-3-8)18-11-10(13)12(19-15)17-6-16-11/h2-7H,15H2,1H3,(H2,16,17,18,19). The molecule has 0 aliphatic carbocycles. The Kier molecular flexibility index (Phi) is 4.57. The minimum atomic E-state index is 0.0779. The van der Waals surface area contributed by atoms with Crippen LogP contribution < -0.4 is 16.6 Å². The summed E-state index contributed by atoms with van der Waals surface area (Å²) in [5, 5.41) is 4.00. The molecule has 0 spiro atoms. The zero-order chi connectivity index (χ0) is 13.8. The molecule has 1 aromatic heterocycles. The van der Waals surface area contributed by atoms with Crippen molar-refractivity contribution >= 4 is 39.2 Å². The highest BCUT2D eigenvalue weighted by atomic mass is 79.9. The molecule has 7 heteroatoms. The van der Waals surface area contributed by atoms with Gasteiger partial charge in [0.25, 0.3) is 0 Å². The first-order valence-electron chi connectivity index (χ1n) is 5.61. The third kappa shape index (κ3) is 3.34. The molecule has 2 rings (SSSR count). The molecule has 0 saturated carbocycles. The van der Waals surface area contributed by atoms with Gasteiger partial charge in [-0.1, -0.05) is 23.7 Å². The van der Waals surface area contributed by atoms with E-state index in [1.165, 1.54) is 6.33 Å². The first-order valence-corrected chi connectivity index (χ1v) is 6.78. The van der Waals surface area contributed by atoms with Gasteiger partial charge in [-0.3, -0.25) is 0 Å². The van der Waals surface area contributed by atoms with E-state index in [4.69, 9.17) is 17.4 Å². The smallest absolute Gasteiger partial charge is 0.159 e. The van der Waals surface area contributed by atoms with Gasteiger partial charge in [-0.05, 0) is 40.5 Å². The van der Waals surface area contributed by atoms with E-state index in [1.807, 2.05) is 31.2 Å². The predicted molar refractivity (Wildman–Crippen MR) is 81.0 cm³/mol. The quantitative estimate of drug-likeness (QED) is 0.587. The lowest BCUT2D eigenvalue weighted by Gasteiger charge is -2.16. The molecule has 0 saturated heterocycles. The SMILES string of the molecule is CC(Nc1ncnc(NN)c1Br)c1ccc(Cl)cc1. The van der Waals surface area contributed by atoms with Crippen LogP contribution in [0.25, 0.3) is 0 Å². The molecular weight excluding hydrogens is 330 g/mol. The van der Waals surface area contributed by atoms with Gasteiger partial charge in [-0.2, -0.15) is 0 Å². The Balaban J connectivity index is 2.19. The molecule has 0 fully saturated rings. The number of rotatable bonds is 4. The summed E-state index contributed by atoms with van der Waals surface area (Å²) in [7, 11) is 0. The minimum absolute atomic E-state index is 0.0779. The molecule has 0 radical (unpaired) electrons. The van der Waals surface area contributed by atoms with E-state index in [1.54, 1.807) is 0 Å². The maximum atomic E-state index is 5.87. The molecule has 0 amide bonds. The number of anilines is 2. The molecule has 1 aromatic carbocycles. The van der Waals surface area contributed by atoms with Crippen LogP contribution in [-0.2, 0) is 0 Å². The van der Waals surface area contributed by atoms with Gasteiger partial charge in [0.2, 0.25) is 0 Å². The van der Waals surface area contributed by atoms with E-state index in [2.05, 4.69) is 36.6 Å². The number of nitrogens with zero attached hydrogens (tertiary/aromatic N) is 2. The Bertz CT molecular complexity index is 561. The van der Waals surface area contributed by atoms with Crippen LogP contribution in [-0.4, -0.2) is 9.97 Å². The van der Waals surface area contributed by atoms with Crippen molar-refractivity contribution in [2.75, 3.05) is 10.7 Å². The van der Waals surface area contributed by atoms with Crippen LogP contribution in [0.4, 0.5) is 11.6 Å². The number of hydrogen-bond acceptors (Lipinski definition) is 5. The summed E-state index contributed by atoms with van der Waals surface area (Å²) in [5.41, 5.74) is 3.61. The first-order chi connectivity index (χ1) is 9.11. The Morgan fingerprint density at radius 1 is 1.21 bits per heavy atom. The fraction of sp³-hybridized carbons (Fsp3) is 0.167. The van der Waals surface area contributed by atoms with E-state index in [0.717, 1.165) is 5.56 Å². The van der Waals surface area contributed by atoms with E-state index in [9.17, 15) is 0 Å². The molecule has 2 aromatic rings. The predicted octanol–water partition coefficient (Wildman–Crippen LogP) is 3.35. The number of aromatic nitrogens is 2. The lowest BCUT2D eigenvalue weighted by Crippen LogP contribution is -2.13. The van der Waals surface area contributed by atoms with Gasteiger partial charge in [-0.25, -0.2) is 15.8 Å². The number of halogens is 2. The van der Waals surface area contributed by atoms with Crippen LogP contribution in [0.15, 0.2) is 35.1 Å². The summed E-state index contributed by atoms with van der Waals surface area (Å²) in [4.78, 5) is 8.18. The highest BCUT2D eigenvalue weighted by molar-refractivity contribution is 9.10. The topological polar surface area (TPSA) is 75.9 Å². The molecule has 5 nitrogen and oxygen atoms in total. The summed E-state index contributed by atoms with van der Waals surface area (Å²) in [6, 6.07) is 7.73. The van der Waals surface area contributed by atoms with Crippen LogP contribution in [0.5, 0.6) is 0 Å². The molecule has 1 atom stereocenters. The highest BCUT2D eigenvalue weighted by Crippen LogP contribution is 2.29. The summed E-state index contributed by atoms with van der Waals surface area (Å²) < 4.78 is 0.693. The number of nitrogens with one attached hydrogen (secondary N) is 2. The second kappa shape index (κ2) is 6.18. The maximum absolute atomic E-state index is 5.87. The molecule has 0 aliphatic heterocycles. The third-order valence-corrected chi connectivity index (χ3v) is 3.65. The number of hydrazine groups is 1. The van der Waals surface area contributed by atoms with Crippen molar-refractivity contribution in [3.63, 3.8) is 0 Å². The molecular formula is C12H13BrClN5. The molecule has 4 N–H and O–H groups in total. The van der Waals surface area contributed by atoms with E-state index in [0.29, 0.717) is 21.1 Å². The van der Waals surface area contributed by atoms with Gasteiger partial charge in [0.1, 0.15) is 16.6 Å². The molecule has 0 aliphatic rings. The summed E-state index contributed by atoms with van der Waals surface area (Å²) >= 11 is 9.27. The minimum Gasteiger partial charge on any atom is -0.362 e. The monoisotopic (exact) mass is 341 g/mol. The Morgan fingerprint density at radius 2 is 1.84 bits per heavy atom. The number of nitrogen functional groups attached to an aromatic ring is 1. The van der Waals surface area contributed by atoms with Crippen molar-refractivity contribution in [2.24, 2.45) is 5.84 Å². The van der Waals surface area contributed by atoms with Crippen molar-refractivity contribution in [1.82, 2.24) is 9.97 Å². The van der Waals surface area contributed by atoms with Crippen molar-refractivity contribution in [1.29, 1.82) is 0 Å². The summed E-state index contributed by atoms with van der Waals surface area (Å²) in [6.45, 7) is 2.04. The average molecular weight is 343 g/mol. The lowest BCUT2D eigenvalue weighted by atomic mass is 10.1. The Hall–Kier alpha value is -1.37. The van der Waals surface area contributed by atoms with Crippen molar-refractivity contribution in [2.45, 2.75) is 13.0 Å².